The third-order valence-corrected chi connectivity index (χ3v) is 2.22. The van der Waals surface area contributed by atoms with Gasteiger partial charge in [0.25, 0.3) is 0 Å². The Hall–Kier alpha value is -1.81. The summed E-state index contributed by atoms with van der Waals surface area (Å²) in [6.45, 7) is 0.583. The molecule has 0 fully saturated rings. The summed E-state index contributed by atoms with van der Waals surface area (Å²) in [4.78, 5) is 13.3. The fraction of sp³-hybridized carbons (Fsp3) is 0.182. The average Bonchev–Trinajstić information content (AvgIpc) is 2.27. The van der Waals surface area contributed by atoms with Crippen LogP contribution >= 0.6 is 0 Å². The van der Waals surface area contributed by atoms with Crippen LogP contribution in [0.5, 0.6) is 0 Å². The first-order chi connectivity index (χ1) is 6.81. The zero-order valence-electron chi connectivity index (χ0n) is 8.43. The van der Waals surface area contributed by atoms with E-state index < -0.39 is 0 Å². The highest BCUT2D eigenvalue weighted by atomic mass is 16.5. The van der Waals surface area contributed by atoms with Gasteiger partial charge in [-0.2, -0.15) is 0 Å². The van der Waals surface area contributed by atoms with Crippen LogP contribution in [-0.2, 0) is 9.53 Å². The van der Waals surface area contributed by atoms with Crippen molar-refractivity contribution in [3.63, 3.8) is 0 Å². The van der Waals surface area contributed by atoms with E-state index in [4.69, 9.17) is 0 Å². The lowest BCUT2D eigenvalue weighted by atomic mass is 10.1. The standard InChI is InChI=1S/C11H11NO2.H2O/c1-14-11(13)9-5-6-10-4-2-3-7-12(10)8-9;/h2-7H,8H2,1H3;1H2. The minimum Gasteiger partial charge on any atom is -0.466 e. The third kappa shape index (κ3) is 2.16. The zero-order chi connectivity index (χ0) is 9.97. The number of esters is 1. The Morgan fingerprint density at radius 2 is 2.20 bits per heavy atom. The smallest absolute Gasteiger partial charge is 0.335 e. The molecule has 4 heteroatoms. The minimum atomic E-state index is -0.261. The van der Waals surface area contributed by atoms with Crippen LogP contribution in [0.4, 0.5) is 0 Å². The molecule has 4 nitrogen and oxygen atoms in total. The van der Waals surface area contributed by atoms with Crippen molar-refractivity contribution < 1.29 is 15.0 Å². The number of ether oxygens (including phenoxy) is 1. The van der Waals surface area contributed by atoms with Gasteiger partial charge in [-0.3, -0.25) is 0 Å². The summed E-state index contributed by atoms with van der Waals surface area (Å²) in [6, 6.07) is 0. The van der Waals surface area contributed by atoms with Gasteiger partial charge in [-0.15, -0.1) is 0 Å². The van der Waals surface area contributed by atoms with Crippen molar-refractivity contribution in [1.82, 2.24) is 4.90 Å². The van der Waals surface area contributed by atoms with Gasteiger partial charge in [0.2, 0.25) is 0 Å². The highest BCUT2D eigenvalue weighted by molar-refractivity contribution is 5.89. The third-order valence-electron chi connectivity index (χ3n) is 2.22. The number of hydrogen-bond donors (Lipinski definition) is 0. The molecule has 0 aromatic rings. The fourth-order valence-corrected chi connectivity index (χ4v) is 1.47. The lowest BCUT2D eigenvalue weighted by Gasteiger charge is -2.26. The molecular weight excluding hydrogens is 194 g/mol. The van der Waals surface area contributed by atoms with Crippen LogP contribution in [0, 0.1) is 0 Å². The second-order valence-electron chi connectivity index (χ2n) is 3.10. The van der Waals surface area contributed by atoms with Crippen molar-refractivity contribution in [3.8, 4) is 0 Å². The molecule has 0 radical (unpaired) electrons. The molecule has 2 aliphatic rings. The Balaban J connectivity index is 0.00000112. The first-order valence-electron chi connectivity index (χ1n) is 4.42. The van der Waals surface area contributed by atoms with E-state index in [0.717, 1.165) is 5.70 Å². The maximum Gasteiger partial charge on any atom is 0.335 e. The summed E-state index contributed by atoms with van der Waals surface area (Å²) >= 11 is 0. The van der Waals surface area contributed by atoms with E-state index in [1.807, 2.05) is 35.4 Å². The number of rotatable bonds is 1. The van der Waals surface area contributed by atoms with Crippen LogP contribution in [0.2, 0.25) is 0 Å². The number of carbonyl (C=O) groups is 1. The number of methoxy groups -OCH3 is 1. The van der Waals surface area contributed by atoms with E-state index in [1.54, 1.807) is 6.08 Å². The van der Waals surface area contributed by atoms with Crippen LogP contribution in [-0.4, -0.2) is 30.0 Å². The Morgan fingerprint density at radius 3 is 2.93 bits per heavy atom. The SMILES string of the molecule is COC(=O)C1=CC=C2C=CC=CN2C1.O. The molecule has 2 rings (SSSR count). The van der Waals surface area contributed by atoms with Gasteiger partial charge in [0.15, 0.2) is 0 Å². The van der Waals surface area contributed by atoms with E-state index >= 15 is 0 Å². The summed E-state index contributed by atoms with van der Waals surface area (Å²) in [7, 11) is 1.40. The number of nitrogens with zero attached hydrogens (tertiary/aromatic N) is 1. The number of hydrogen-bond acceptors (Lipinski definition) is 3. The molecule has 0 saturated carbocycles. The summed E-state index contributed by atoms with van der Waals surface area (Å²) in [5.74, 6) is -0.261. The maximum atomic E-state index is 11.3. The van der Waals surface area contributed by atoms with E-state index in [-0.39, 0.29) is 11.4 Å². The lowest BCUT2D eigenvalue weighted by Crippen LogP contribution is -2.26. The second kappa shape index (κ2) is 4.61. The number of allylic oxidation sites excluding steroid dienone is 5. The van der Waals surface area contributed by atoms with Crippen molar-refractivity contribution in [2.75, 3.05) is 13.7 Å². The van der Waals surface area contributed by atoms with Crippen molar-refractivity contribution >= 4 is 5.97 Å². The maximum absolute atomic E-state index is 11.3. The lowest BCUT2D eigenvalue weighted by molar-refractivity contribution is -0.136. The molecule has 0 unspecified atom stereocenters. The van der Waals surface area contributed by atoms with Gasteiger partial charge in [-0.05, 0) is 24.3 Å². The second-order valence-corrected chi connectivity index (χ2v) is 3.10. The summed E-state index contributed by atoms with van der Waals surface area (Å²) in [5, 5.41) is 0. The fourth-order valence-electron chi connectivity index (χ4n) is 1.47. The molecule has 0 aliphatic carbocycles. The Labute approximate surface area is 88.1 Å². The monoisotopic (exact) mass is 207 g/mol. The van der Waals surface area contributed by atoms with Gasteiger partial charge in [0, 0.05) is 11.9 Å². The van der Waals surface area contributed by atoms with Gasteiger partial charge in [0.1, 0.15) is 0 Å². The van der Waals surface area contributed by atoms with E-state index in [0.29, 0.717) is 12.1 Å². The normalized spacial score (nSPS) is 17.3. The molecule has 0 saturated heterocycles. The molecule has 80 valence electrons. The van der Waals surface area contributed by atoms with E-state index in [9.17, 15) is 4.79 Å². The summed E-state index contributed by atoms with van der Waals surface area (Å²) in [6.07, 6.45) is 11.6. The highest BCUT2D eigenvalue weighted by Gasteiger charge is 2.18. The molecule has 0 bridgehead atoms. The van der Waals surface area contributed by atoms with Gasteiger partial charge in [-0.1, -0.05) is 6.08 Å². The van der Waals surface area contributed by atoms with Gasteiger partial charge < -0.3 is 15.1 Å². The predicted octanol–water partition coefficient (Wildman–Crippen LogP) is 0.544. The number of carbonyl (C=O) groups excluding carboxylic acids is 1. The molecule has 0 aromatic carbocycles. The molecular formula is C11H13NO3. The van der Waals surface area contributed by atoms with Crippen molar-refractivity contribution in [2.24, 2.45) is 0 Å². The van der Waals surface area contributed by atoms with Crippen LogP contribution in [0.25, 0.3) is 0 Å². The van der Waals surface area contributed by atoms with Crippen LogP contribution < -0.4 is 0 Å². The van der Waals surface area contributed by atoms with Crippen LogP contribution in [0.1, 0.15) is 0 Å². The summed E-state index contributed by atoms with van der Waals surface area (Å²) in [5.41, 5.74) is 1.77. The Kier molecular flexibility index (Phi) is 3.46. The molecule has 0 amide bonds. The molecule has 2 N–H and O–H groups in total. The van der Waals surface area contributed by atoms with Gasteiger partial charge in [-0.25, -0.2) is 4.79 Å². The number of fused-ring (bicyclic) bond motifs is 1. The van der Waals surface area contributed by atoms with E-state index in [1.165, 1.54) is 7.11 Å². The largest absolute Gasteiger partial charge is 0.466 e. The van der Waals surface area contributed by atoms with Gasteiger partial charge >= 0.3 is 5.97 Å². The average molecular weight is 207 g/mol. The summed E-state index contributed by atoms with van der Waals surface area (Å²) < 4.78 is 4.66. The Bertz CT molecular complexity index is 377. The van der Waals surface area contributed by atoms with Crippen LogP contribution in [0.3, 0.4) is 0 Å². The molecule has 2 heterocycles. The molecule has 15 heavy (non-hydrogen) atoms. The van der Waals surface area contributed by atoms with Crippen molar-refractivity contribution in [1.29, 1.82) is 0 Å². The van der Waals surface area contributed by atoms with Crippen molar-refractivity contribution in [3.05, 3.63) is 47.9 Å². The first kappa shape index (κ1) is 11.3. The molecule has 2 aliphatic heterocycles. The first-order valence-corrected chi connectivity index (χ1v) is 4.42. The Morgan fingerprint density at radius 1 is 1.40 bits per heavy atom. The quantitative estimate of drug-likeness (QED) is 0.590. The molecule has 0 aromatic heterocycles. The van der Waals surface area contributed by atoms with Crippen LogP contribution in [0.15, 0.2) is 47.9 Å². The zero-order valence-corrected chi connectivity index (χ0v) is 8.43. The molecule has 0 spiro atoms. The molecule has 0 atom stereocenters. The highest BCUT2D eigenvalue weighted by Crippen LogP contribution is 2.19. The minimum absolute atomic E-state index is 0. The topological polar surface area (TPSA) is 61.0 Å². The van der Waals surface area contributed by atoms with Gasteiger partial charge in [0.05, 0.1) is 19.2 Å². The van der Waals surface area contributed by atoms with E-state index in [2.05, 4.69) is 4.74 Å². The predicted molar refractivity (Wildman–Crippen MR) is 56.8 cm³/mol. The van der Waals surface area contributed by atoms with Crippen molar-refractivity contribution in [2.45, 2.75) is 0 Å².